The smallest absolute Gasteiger partial charge is 0.256 e. The molecule has 4 aromatic rings. The molecule has 0 radical (unpaired) electrons. The number of piperidine rings is 1. The summed E-state index contributed by atoms with van der Waals surface area (Å²) in [6, 6.07) is 5.97. The minimum atomic E-state index is -0.126. The van der Waals surface area contributed by atoms with Gasteiger partial charge in [0, 0.05) is 43.7 Å². The summed E-state index contributed by atoms with van der Waals surface area (Å²) in [6.45, 7) is 4.02. The summed E-state index contributed by atoms with van der Waals surface area (Å²) in [5.41, 5.74) is 3.37. The van der Waals surface area contributed by atoms with Gasteiger partial charge in [-0.3, -0.25) is 14.5 Å². The van der Waals surface area contributed by atoms with Gasteiger partial charge >= 0.3 is 0 Å². The van der Waals surface area contributed by atoms with Crippen LogP contribution in [0.4, 0.5) is 5.13 Å². The van der Waals surface area contributed by atoms with Gasteiger partial charge in [-0.2, -0.15) is 5.10 Å². The number of H-pyrrole nitrogens is 1. The first-order valence-corrected chi connectivity index (χ1v) is 10.9. The maximum absolute atomic E-state index is 12.8. The highest BCUT2D eigenvalue weighted by atomic mass is 32.1. The molecular weight excluding hydrogens is 398 g/mol. The summed E-state index contributed by atoms with van der Waals surface area (Å²) in [6.07, 6.45) is 7.58. The van der Waals surface area contributed by atoms with Crippen molar-refractivity contribution in [2.75, 3.05) is 25.0 Å². The van der Waals surface area contributed by atoms with E-state index in [2.05, 4.69) is 27.5 Å². The molecule has 8 nitrogen and oxygen atoms in total. The fraction of sp³-hybridized carbons (Fsp3) is 0.333. The van der Waals surface area contributed by atoms with E-state index in [1.165, 1.54) is 6.42 Å². The number of anilines is 1. The molecule has 0 aromatic carbocycles. The van der Waals surface area contributed by atoms with Crippen LogP contribution in [0.25, 0.3) is 27.3 Å². The Bertz CT molecular complexity index is 1240. The van der Waals surface area contributed by atoms with Crippen LogP contribution in [-0.2, 0) is 0 Å². The topological polar surface area (TPSA) is 91.7 Å². The zero-order chi connectivity index (χ0) is 20.7. The Labute approximate surface area is 177 Å². The lowest BCUT2D eigenvalue weighted by atomic mass is 10.1. The molecule has 1 aliphatic heterocycles. The molecule has 154 valence electrons. The van der Waals surface area contributed by atoms with E-state index in [9.17, 15) is 4.79 Å². The standard InChI is InChI=1S/C21H23N7OS/c1-13-8-17-20(30-21(25-17)27(2)16-4-3-6-22-12-16)26-19(13)28-7-5-14(9-18(28)29)15-10-23-24-11-15/h5,7-11,16,22H,3-4,6,12H2,1-2H3,(H,23,24)/t16-/m1/s1. The summed E-state index contributed by atoms with van der Waals surface area (Å²) >= 11 is 1.57. The fourth-order valence-corrected chi connectivity index (χ4v) is 4.85. The van der Waals surface area contributed by atoms with Gasteiger partial charge in [0.15, 0.2) is 5.13 Å². The molecule has 0 bridgehead atoms. The quantitative estimate of drug-likeness (QED) is 0.526. The molecule has 4 aromatic heterocycles. The highest BCUT2D eigenvalue weighted by Gasteiger charge is 2.21. The van der Waals surface area contributed by atoms with E-state index in [4.69, 9.17) is 9.97 Å². The van der Waals surface area contributed by atoms with Crippen LogP contribution in [0.1, 0.15) is 18.4 Å². The van der Waals surface area contributed by atoms with Gasteiger partial charge in [0.25, 0.3) is 5.56 Å². The Morgan fingerprint density at radius 1 is 1.27 bits per heavy atom. The van der Waals surface area contributed by atoms with E-state index < -0.39 is 0 Å². The van der Waals surface area contributed by atoms with Gasteiger partial charge in [-0.15, -0.1) is 0 Å². The number of hydrogen-bond donors (Lipinski definition) is 2. The lowest BCUT2D eigenvalue weighted by molar-refractivity contribution is 0.445. The molecule has 0 spiro atoms. The Balaban J connectivity index is 1.51. The molecule has 1 atom stereocenters. The minimum absolute atomic E-state index is 0.126. The number of aryl methyl sites for hydroxylation is 1. The largest absolute Gasteiger partial charge is 0.347 e. The van der Waals surface area contributed by atoms with Gasteiger partial charge in [0.2, 0.25) is 0 Å². The maximum atomic E-state index is 12.8. The second-order valence-corrected chi connectivity index (χ2v) is 8.63. The van der Waals surface area contributed by atoms with Crippen LogP contribution in [0.15, 0.2) is 41.6 Å². The third-order valence-electron chi connectivity index (χ3n) is 5.64. The van der Waals surface area contributed by atoms with Crippen LogP contribution < -0.4 is 15.8 Å². The highest BCUT2D eigenvalue weighted by molar-refractivity contribution is 7.21. The number of fused-ring (bicyclic) bond motifs is 1. The SMILES string of the molecule is Cc1cc2nc(N(C)[C@@H]3CCCNC3)sc2nc1-n1ccc(-c2cn[nH]c2)cc1=O. The number of hydrogen-bond acceptors (Lipinski definition) is 7. The first kappa shape index (κ1) is 19.0. The number of nitrogens with one attached hydrogen (secondary N) is 2. The number of nitrogens with zero attached hydrogens (tertiary/aromatic N) is 5. The van der Waals surface area contributed by atoms with Crippen LogP contribution in [-0.4, -0.2) is 50.9 Å². The van der Waals surface area contributed by atoms with Crippen LogP contribution in [0.2, 0.25) is 0 Å². The summed E-state index contributed by atoms with van der Waals surface area (Å²) in [7, 11) is 2.10. The average molecular weight is 422 g/mol. The van der Waals surface area contributed by atoms with Gasteiger partial charge in [-0.05, 0) is 49.6 Å². The lowest BCUT2D eigenvalue weighted by Crippen LogP contribution is -2.44. The molecule has 5 heterocycles. The highest BCUT2D eigenvalue weighted by Crippen LogP contribution is 2.31. The average Bonchev–Trinajstić information content (AvgIpc) is 3.43. The van der Waals surface area contributed by atoms with Crippen molar-refractivity contribution < 1.29 is 0 Å². The van der Waals surface area contributed by atoms with Gasteiger partial charge in [-0.25, -0.2) is 9.97 Å². The number of rotatable bonds is 4. The minimum Gasteiger partial charge on any atom is -0.347 e. The molecule has 0 amide bonds. The lowest BCUT2D eigenvalue weighted by Gasteiger charge is -2.31. The molecule has 1 fully saturated rings. The van der Waals surface area contributed by atoms with Gasteiger partial charge < -0.3 is 10.2 Å². The Hall–Kier alpha value is -3.04. The van der Waals surface area contributed by atoms with Crippen molar-refractivity contribution >= 4 is 26.8 Å². The van der Waals surface area contributed by atoms with Crippen LogP contribution in [0.3, 0.4) is 0 Å². The predicted molar refractivity (Wildman–Crippen MR) is 120 cm³/mol. The zero-order valence-corrected chi connectivity index (χ0v) is 17.7. The molecule has 0 unspecified atom stereocenters. The van der Waals surface area contributed by atoms with E-state index in [1.54, 1.807) is 40.6 Å². The van der Waals surface area contributed by atoms with Gasteiger partial charge in [0.1, 0.15) is 16.2 Å². The summed E-state index contributed by atoms with van der Waals surface area (Å²) in [5.74, 6) is 0.642. The molecular formula is C21H23N7OS. The third-order valence-corrected chi connectivity index (χ3v) is 6.69. The number of aromatic amines is 1. The normalized spacial score (nSPS) is 16.8. The van der Waals surface area contributed by atoms with E-state index in [1.807, 2.05) is 19.1 Å². The molecule has 9 heteroatoms. The molecule has 0 saturated carbocycles. The first-order chi connectivity index (χ1) is 14.6. The monoisotopic (exact) mass is 421 g/mol. The van der Waals surface area contributed by atoms with Crippen LogP contribution in [0.5, 0.6) is 0 Å². The van der Waals surface area contributed by atoms with E-state index in [0.717, 1.165) is 51.7 Å². The second kappa shape index (κ2) is 7.66. The zero-order valence-electron chi connectivity index (χ0n) is 16.9. The summed E-state index contributed by atoms with van der Waals surface area (Å²) in [5, 5.41) is 11.1. The molecule has 5 rings (SSSR count). The van der Waals surface area contributed by atoms with Crippen LogP contribution in [0, 0.1) is 6.92 Å². The van der Waals surface area contributed by atoms with Crippen molar-refractivity contribution in [2.24, 2.45) is 0 Å². The van der Waals surface area contributed by atoms with Crippen molar-refractivity contribution in [1.29, 1.82) is 0 Å². The van der Waals surface area contributed by atoms with Crippen molar-refractivity contribution in [1.82, 2.24) is 30.0 Å². The van der Waals surface area contributed by atoms with Crippen LogP contribution >= 0.6 is 11.3 Å². The van der Waals surface area contributed by atoms with Crippen molar-refractivity contribution in [3.63, 3.8) is 0 Å². The maximum Gasteiger partial charge on any atom is 0.256 e. The number of pyridine rings is 2. The van der Waals surface area contributed by atoms with Gasteiger partial charge in [-0.1, -0.05) is 11.3 Å². The second-order valence-electron chi connectivity index (χ2n) is 7.67. The third kappa shape index (κ3) is 3.40. The van der Waals surface area contributed by atoms with E-state index >= 15 is 0 Å². The molecule has 2 N–H and O–H groups in total. The first-order valence-electron chi connectivity index (χ1n) is 10.0. The molecule has 1 aliphatic rings. The summed E-state index contributed by atoms with van der Waals surface area (Å²) < 4.78 is 1.59. The predicted octanol–water partition coefficient (Wildman–Crippen LogP) is 2.73. The van der Waals surface area contributed by atoms with Gasteiger partial charge in [0.05, 0.1) is 6.20 Å². The summed E-state index contributed by atoms with van der Waals surface area (Å²) in [4.78, 5) is 25.5. The molecule has 0 aliphatic carbocycles. The molecule has 1 saturated heterocycles. The van der Waals surface area contributed by atoms with Crippen molar-refractivity contribution in [3.05, 3.63) is 52.7 Å². The number of aromatic nitrogens is 5. The fourth-order valence-electron chi connectivity index (χ4n) is 3.90. The number of likely N-dealkylation sites (N-methyl/N-ethyl adjacent to an activating group) is 1. The Kier molecular flexibility index (Phi) is 4.84. The van der Waals surface area contributed by atoms with E-state index in [0.29, 0.717) is 11.9 Å². The van der Waals surface area contributed by atoms with Crippen molar-refractivity contribution in [2.45, 2.75) is 25.8 Å². The van der Waals surface area contributed by atoms with E-state index in [-0.39, 0.29) is 5.56 Å². The Morgan fingerprint density at radius 3 is 2.90 bits per heavy atom. The molecule has 30 heavy (non-hydrogen) atoms. The number of thiazole rings is 1. The Morgan fingerprint density at radius 2 is 2.17 bits per heavy atom. The van der Waals surface area contributed by atoms with Crippen molar-refractivity contribution in [3.8, 4) is 16.9 Å².